The number of nitrogens with zero attached hydrogens (tertiary/aromatic N) is 1. The monoisotopic (exact) mass is 441 g/mol. The maximum absolute atomic E-state index is 12.9. The Morgan fingerprint density at radius 1 is 1.03 bits per heavy atom. The van der Waals surface area contributed by atoms with Crippen LogP contribution in [-0.2, 0) is 0 Å². The quantitative estimate of drug-likeness (QED) is 0.394. The van der Waals surface area contributed by atoms with Gasteiger partial charge >= 0.3 is 0 Å². The van der Waals surface area contributed by atoms with E-state index >= 15 is 0 Å². The van der Waals surface area contributed by atoms with Gasteiger partial charge in [0.15, 0.2) is 11.5 Å². The molecule has 0 aromatic heterocycles. The van der Waals surface area contributed by atoms with Gasteiger partial charge in [0.25, 0.3) is 11.8 Å². The number of halogens is 2. The second-order valence-electron chi connectivity index (χ2n) is 6.29. The highest BCUT2D eigenvalue weighted by molar-refractivity contribution is 6.32. The van der Waals surface area contributed by atoms with E-state index in [0.29, 0.717) is 22.4 Å². The van der Waals surface area contributed by atoms with Crippen LogP contribution < -0.4 is 15.5 Å². The molecule has 31 heavy (non-hydrogen) atoms. The van der Waals surface area contributed by atoms with Gasteiger partial charge in [0.05, 0.1) is 18.3 Å². The number of aromatic hydroxyl groups is 1. The smallest absolute Gasteiger partial charge is 0.271 e. The molecule has 3 aromatic carbocycles. The highest BCUT2D eigenvalue weighted by Gasteiger charge is 2.09. The van der Waals surface area contributed by atoms with Crippen molar-refractivity contribution in [1.82, 2.24) is 5.43 Å². The number of phenols is 1. The van der Waals surface area contributed by atoms with Crippen molar-refractivity contribution in [1.29, 1.82) is 0 Å². The summed E-state index contributed by atoms with van der Waals surface area (Å²) in [6.07, 6.45) is 1.35. The fourth-order valence-electron chi connectivity index (χ4n) is 2.56. The van der Waals surface area contributed by atoms with E-state index in [2.05, 4.69) is 15.8 Å². The third-order valence-corrected chi connectivity index (χ3v) is 4.45. The molecule has 0 aliphatic heterocycles. The summed E-state index contributed by atoms with van der Waals surface area (Å²) in [5.41, 5.74) is 3.98. The molecule has 0 spiro atoms. The van der Waals surface area contributed by atoms with E-state index in [0.717, 1.165) is 0 Å². The average molecular weight is 442 g/mol. The van der Waals surface area contributed by atoms with Crippen molar-refractivity contribution in [3.8, 4) is 11.5 Å². The van der Waals surface area contributed by atoms with E-state index in [9.17, 15) is 19.1 Å². The number of hydrogen-bond donors (Lipinski definition) is 3. The molecule has 7 nitrogen and oxygen atoms in total. The van der Waals surface area contributed by atoms with Gasteiger partial charge in [0, 0.05) is 16.8 Å². The number of rotatable bonds is 6. The van der Waals surface area contributed by atoms with Crippen molar-refractivity contribution in [2.24, 2.45) is 5.10 Å². The number of amides is 2. The number of methoxy groups -OCH3 is 1. The number of phenolic OH excluding ortho intramolecular Hbond substituents is 1. The van der Waals surface area contributed by atoms with Gasteiger partial charge in [-0.2, -0.15) is 5.10 Å². The van der Waals surface area contributed by atoms with Crippen LogP contribution in [0.4, 0.5) is 10.1 Å². The molecule has 0 bridgehead atoms. The number of anilines is 1. The average Bonchev–Trinajstić information content (AvgIpc) is 2.76. The van der Waals surface area contributed by atoms with Crippen LogP contribution in [0.2, 0.25) is 5.02 Å². The Labute approximate surface area is 182 Å². The molecule has 0 unspecified atom stereocenters. The number of benzene rings is 3. The number of nitrogens with one attached hydrogen (secondary N) is 2. The normalized spacial score (nSPS) is 10.7. The van der Waals surface area contributed by atoms with Gasteiger partial charge in [-0.3, -0.25) is 9.59 Å². The van der Waals surface area contributed by atoms with Crippen LogP contribution in [0.1, 0.15) is 26.3 Å². The summed E-state index contributed by atoms with van der Waals surface area (Å²) < 4.78 is 18.0. The molecule has 3 N–H and O–H groups in total. The Morgan fingerprint density at radius 2 is 1.65 bits per heavy atom. The van der Waals surface area contributed by atoms with Gasteiger partial charge in [-0.1, -0.05) is 11.6 Å². The largest absolute Gasteiger partial charge is 0.503 e. The summed E-state index contributed by atoms with van der Waals surface area (Å²) in [5, 5.41) is 16.3. The first-order valence-electron chi connectivity index (χ1n) is 8.94. The molecular weight excluding hydrogens is 425 g/mol. The third kappa shape index (κ3) is 5.58. The first-order valence-corrected chi connectivity index (χ1v) is 9.32. The Kier molecular flexibility index (Phi) is 6.84. The van der Waals surface area contributed by atoms with E-state index in [1.54, 1.807) is 12.1 Å². The summed E-state index contributed by atoms with van der Waals surface area (Å²) in [4.78, 5) is 24.4. The number of hydrogen-bond acceptors (Lipinski definition) is 5. The van der Waals surface area contributed by atoms with Crippen molar-refractivity contribution in [3.05, 3.63) is 88.2 Å². The lowest BCUT2D eigenvalue weighted by Crippen LogP contribution is -2.18. The van der Waals surface area contributed by atoms with Crippen molar-refractivity contribution in [2.75, 3.05) is 12.4 Å². The Bertz CT molecular complexity index is 1130. The number of carbonyl (C=O) groups is 2. The van der Waals surface area contributed by atoms with Gasteiger partial charge in [-0.05, 0) is 66.2 Å². The molecule has 3 aromatic rings. The second kappa shape index (κ2) is 9.73. The SMILES string of the molecule is COc1cc(C=NNC(=O)c2ccc(NC(=O)c3ccc(F)cc3)cc2)cc(Cl)c1O. The van der Waals surface area contributed by atoms with Gasteiger partial charge in [-0.15, -0.1) is 0 Å². The minimum absolute atomic E-state index is 0.0883. The van der Waals surface area contributed by atoms with Gasteiger partial charge < -0.3 is 15.2 Å². The van der Waals surface area contributed by atoms with Crippen molar-refractivity contribution in [2.45, 2.75) is 0 Å². The van der Waals surface area contributed by atoms with Crippen molar-refractivity contribution < 1.29 is 23.8 Å². The standard InChI is InChI=1S/C22H17ClFN3O4/c1-31-19-11-13(10-18(23)20(19)28)12-25-27-22(30)15-4-8-17(9-5-15)26-21(29)14-2-6-16(24)7-3-14/h2-12,28H,1H3,(H,26,29)(H,27,30). The van der Waals surface area contributed by atoms with Crippen LogP contribution in [0.15, 0.2) is 65.8 Å². The molecule has 0 heterocycles. The van der Waals surface area contributed by atoms with Crippen LogP contribution in [0, 0.1) is 5.82 Å². The molecule has 2 amide bonds. The Morgan fingerprint density at radius 3 is 2.29 bits per heavy atom. The molecule has 0 saturated heterocycles. The van der Waals surface area contributed by atoms with Crippen LogP contribution in [0.5, 0.6) is 11.5 Å². The predicted molar refractivity (Wildman–Crippen MR) is 116 cm³/mol. The van der Waals surface area contributed by atoms with Crippen molar-refractivity contribution >= 4 is 35.3 Å². The summed E-state index contributed by atoms with van der Waals surface area (Å²) in [7, 11) is 1.39. The Balaban J connectivity index is 1.60. The highest BCUT2D eigenvalue weighted by Crippen LogP contribution is 2.34. The fraction of sp³-hybridized carbons (Fsp3) is 0.0455. The third-order valence-electron chi connectivity index (χ3n) is 4.16. The number of carbonyl (C=O) groups excluding carboxylic acids is 2. The zero-order valence-corrected chi connectivity index (χ0v) is 17.0. The van der Waals surface area contributed by atoms with Gasteiger partial charge in [-0.25, -0.2) is 9.82 Å². The van der Waals surface area contributed by atoms with E-state index in [-0.39, 0.29) is 16.5 Å². The Hall–Kier alpha value is -3.91. The van der Waals surface area contributed by atoms with Crippen LogP contribution >= 0.6 is 11.6 Å². The van der Waals surface area contributed by atoms with Crippen LogP contribution in [-0.4, -0.2) is 30.2 Å². The molecular formula is C22H17ClFN3O4. The van der Waals surface area contributed by atoms with Gasteiger partial charge in [0.1, 0.15) is 5.82 Å². The van der Waals surface area contributed by atoms with E-state index in [1.807, 2.05) is 0 Å². The molecule has 3 rings (SSSR count). The summed E-state index contributed by atoms with van der Waals surface area (Å²) >= 11 is 5.91. The zero-order chi connectivity index (χ0) is 22.4. The minimum atomic E-state index is -0.468. The minimum Gasteiger partial charge on any atom is -0.503 e. The summed E-state index contributed by atoms with van der Waals surface area (Å²) in [5.74, 6) is -1.30. The molecule has 158 valence electrons. The van der Waals surface area contributed by atoms with Crippen LogP contribution in [0.3, 0.4) is 0 Å². The maximum atomic E-state index is 12.9. The first-order chi connectivity index (χ1) is 14.9. The summed E-state index contributed by atoms with van der Waals surface area (Å²) in [6.45, 7) is 0. The van der Waals surface area contributed by atoms with E-state index in [4.69, 9.17) is 16.3 Å². The van der Waals surface area contributed by atoms with Gasteiger partial charge in [0.2, 0.25) is 0 Å². The lowest BCUT2D eigenvalue weighted by atomic mass is 10.1. The van der Waals surface area contributed by atoms with Crippen LogP contribution in [0.25, 0.3) is 0 Å². The summed E-state index contributed by atoms with van der Waals surface area (Å²) in [6, 6.07) is 14.3. The number of hydrazone groups is 1. The fourth-order valence-corrected chi connectivity index (χ4v) is 2.78. The zero-order valence-electron chi connectivity index (χ0n) is 16.2. The molecule has 0 aliphatic rings. The maximum Gasteiger partial charge on any atom is 0.271 e. The first kappa shape index (κ1) is 21.8. The molecule has 0 aliphatic carbocycles. The predicted octanol–water partition coefficient (Wildman–Crippen LogP) is 4.21. The van der Waals surface area contributed by atoms with Crippen molar-refractivity contribution in [3.63, 3.8) is 0 Å². The molecule has 0 atom stereocenters. The topological polar surface area (TPSA) is 100 Å². The lowest BCUT2D eigenvalue weighted by molar-refractivity contribution is 0.0954. The lowest BCUT2D eigenvalue weighted by Gasteiger charge is -2.07. The molecule has 0 fully saturated rings. The number of ether oxygens (including phenoxy) is 1. The molecule has 0 saturated carbocycles. The van der Waals surface area contributed by atoms with E-state index in [1.165, 1.54) is 61.9 Å². The molecule has 0 radical (unpaired) electrons. The molecule has 9 heteroatoms. The van der Waals surface area contributed by atoms with E-state index < -0.39 is 17.6 Å². The second-order valence-corrected chi connectivity index (χ2v) is 6.70. The highest BCUT2D eigenvalue weighted by atomic mass is 35.5.